The van der Waals surface area contributed by atoms with Gasteiger partial charge in [-0.25, -0.2) is 0 Å². The molecule has 3 heteroatoms. The van der Waals surface area contributed by atoms with Crippen LogP contribution in [0.25, 0.3) is 0 Å². The van der Waals surface area contributed by atoms with Crippen LogP contribution >= 0.6 is 0 Å². The summed E-state index contributed by atoms with van der Waals surface area (Å²) in [5.41, 5.74) is 0.796. The third-order valence-electron chi connectivity index (χ3n) is 2.93. The second-order valence-electron chi connectivity index (χ2n) is 3.93. The van der Waals surface area contributed by atoms with Crippen LogP contribution in [0, 0.1) is 11.8 Å². The molecule has 0 aromatic rings. The van der Waals surface area contributed by atoms with Crippen LogP contribution in [0.1, 0.15) is 25.7 Å². The Morgan fingerprint density at radius 3 is 1.67 bits per heavy atom. The molecule has 0 unspecified atom stereocenters. The molecule has 1 radical (unpaired) electrons. The molecule has 0 aromatic heterocycles. The van der Waals surface area contributed by atoms with Crippen LogP contribution in [0.3, 0.4) is 0 Å². The zero-order valence-electron chi connectivity index (χ0n) is 7.88. The smallest absolute Gasteiger partial charge is 0.388 e. The maximum absolute atomic E-state index is 5.44. The van der Waals surface area contributed by atoms with Crippen molar-refractivity contribution in [3.05, 3.63) is 0 Å². The molecule has 0 aliphatic heterocycles. The van der Waals surface area contributed by atoms with Crippen LogP contribution in [0.4, 0.5) is 0 Å². The predicted octanol–water partition coefficient (Wildman–Crippen LogP) is 1.96. The number of hydrogen-bond donors (Lipinski definition) is 0. The molecule has 0 N–H and O–H groups in total. The van der Waals surface area contributed by atoms with E-state index in [0.717, 1.165) is 17.4 Å². The van der Waals surface area contributed by atoms with E-state index in [9.17, 15) is 0 Å². The van der Waals surface area contributed by atoms with E-state index in [4.69, 9.17) is 8.85 Å². The quantitative estimate of drug-likeness (QED) is 0.610. The van der Waals surface area contributed by atoms with Crippen molar-refractivity contribution in [2.45, 2.75) is 31.2 Å². The van der Waals surface area contributed by atoms with Crippen molar-refractivity contribution >= 4 is 9.28 Å². The molecule has 0 amide bonds. The van der Waals surface area contributed by atoms with Crippen molar-refractivity contribution in [3.63, 3.8) is 0 Å². The van der Waals surface area contributed by atoms with Crippen molar-refractivity contribution < 1.29 is 8.85 Å². The fourth-order valence-electron chi connectivity index (χ4n) is 2.04. The summed E-state index contributed by atoms with van der Waals surface area (Å²) in [6.07, 6.45) is 5.67. The Morgan fingerprint density at radius 1 is 1.00 bits per heavy atom. The SMILES string of the molecule is CO[Si](OC)C(C1CC1)C1CC1. The largest absolute Gasteiger partial charge is 0.397 e. The highest BCUT2D eigenvalue weighted by Gasteiger charge is 2.48. The highest BCUT2D eigenvalue weighted by Crippen LogP contribution is 2.54. The minimum absolute atomic E-state index is 0.796. The molecular formula is C9H17O2Si. The fraction of sp³-hybridized carbons (Fsp3) is 1.00. The van der Waals surface area contributed by atoms with Crippen molar-refractivity contribution in [3.8, 4) is 0 Å². The van der Waals surface area contributed by atoms with E-state index in [-0.39, 0.29) is 0 Å². The molecule has 0 bridgehead atoms. The lowest BCUT2D eigenvalue weighted by Crippen LogP contribution is -2.28. The minimum atomic E-state index is -0.936. The van der Waals surface area contributed by atoms with Crippen LogP contribution < -0.4 is 0 Å². The van der Waals surface area contributed by atoms with Gasteiger partial charge in [0.2, 0.25) is 0 Å². The van der Waals surface area contributed by atoms with E-state index in [0.29, 0.717) is 0 Å². The van der Waals surface area contributed by atoms with E-state index in [1.54, 1.807) is 14.2 Å². The molecule has 0 saturated heterocycles. The number of hydrogen-bond acceptors (Lipinski definition) is 2. The first-order valence-corrected chi connectivity index (χ1v) is 6.21. The maximum Gasteiger partial charge on any atom is 0.388 e. The Balaban J connectivity index is 1.93. The minimum Gasteiger partial charge on any atom is -0.397 e. The van der Waals surface area contributed by atoms with Crippen molar-refractivity contribution in [1.82, 2.24) is 0 Å². The van der Waals surface area contributed by atoms with Gasteiger partial charge >= 0.3 is 9.28 Å². The van der Waals surface area contributed by atoms with Crippen LogP contribution in [0.5, 0.6) is 0 Å². The summed E-state index contributed by atoms with van der Waals surface area (Å²) in [6, 6.07) is 0. The zero-order chi connectivity index (χ0) is 8.55. The third-order valence-corrected chi connectivity index (χ3v) is 5.23. The summed E-state index contributed by atoms with van der Waals surface area (Å²) in [5, 5.41) is 0. The highest BCUT2D eigenvalue weighted by molar-refractivity contribution is 6.46. The molecule has 2 saturated carbocycles. The van der Waals surface area contributed by atoms with Gasteiger partial charge in [-0.05, 0) is 11.8 Å². The maximum atomic E-state index is 5.44. The average molecular weight is 185 g/mol. The van der Waals surface area contributed by atoms with E-state index in [2.05, 4.69) is 0 Å². The fourth-order valence-corrected chi connectivity index (χ4v) is 4.18. The first kappa shape index (κ1) is 8.72. The summed E-state index contributed by atoms with van der Waals surface area (Å²) in [4.78, 5) is 0. The molecule has 2 rings (SSSR count). The lowest BCUT2D eigenvalue weighted by atomic mass is 10.2. The Labute approximate surface area is 76.1 Å². The zero-order valence-corrected chi connectivity index (χ0v) is 8.88. The Morgan fingerprint density at radius 2 is 1.42 bits per heavy atom. The van der Waals surface area contributed by atoms with E-state index in [1.807, 2.05) is 0 Å². The van der Waals surface area contributed by atoms with Crippen LogP contribution in [-0.4, -0.2) is 23.5 Å². The lowest BCUT2D eigenvalue weighted by molar-refractivity contribution is 0.255. The monoisotopic (exact) mass is 185 g/mol. The van der Waals surface area contributed by atoms with Gasteiger partial charge in [-0.3, -0.25) is 0 Å². The molecule has 12 heavy (non-hydrogen) atoms. The van der Waals surface area contributed by atoms with Gasteiger partial charge in [0.25, 0.3) is 0 Å². The molecule has 0 aromatic carbocycles. The first-order valence-electron chi connectivity index (χ1n) is 4.81. The molecule has 2 fully saturated rings. The summed E-state index contributed by atoms with van der Waals surface area (Å²) >= 11 is 0. The molecule has 2 nitrogen and oxygen atoms in total. The summed E-state index contributed by atoms with van der Waals surface area (Å²) in [5.74, 6) is 1.90. The first-order chi connectivity index (χ1) is 5.86. The highest BCUT2D eigenvalue weighted by atomic mass is 28.3. The van der Waals surface area contributed by atoms with Crippen molar-refractivity contribution in [2.75, 3.05) is 14.2 Å². The summed E-state index contributed by atoms with van der Waals surface area (Å²) in [6.45, 7) is 0. The van der Waals surface area contributed by atoms with Crippen LogP contribution in [0.2, 0.25) is 5.54 Å². The Hall–Kier alpha value is 0.137. The van der Waals surface area contributed by atoms with Gasteiger partial charge in [0, 0.05) is 19.8 Å². The van der Waals surface area contributed by atoms with Gasteiger partial charge in [-0.1, -0.05) is 25.7 Å². The average Bonchev–Trinajstić information content (AvgIpc) is 2.92. The Kier molecular flexibility index (Phi) is 2.53. The van der Waals surface area contributed by atoms with E-state index in [1.165, 1.54) is 25.7 Å². The van der Waals surface area contributed by atoms with Crippen LogP contribution in [0.15, 0.2) is 0 Å². The number of rotatable bonds is 5. The second kappa shape index (κ2) is 3.48. The van der Waals surface area contributed by atoms with Crippen molar-refractivity contribution in [1.29, 1.82) is 0 Å². The van der Waals surface area contributed by atoms with Crippen LogP contribution in [-0.2, 0) is 8.85 Å². The van der Waals surface area contributed by atoms with Gasteiger partial charge in [0.15, 0.2) is 0 Å². The molecule has 69 valence electrons. The van der Waals surface area contributed by atoms with Gasteiger partial charge in [-0.15, -0.1) is 0 Å². The second-order valence-corrected chi connectivity index (χ2v) is 6.05. The molecule has 0 heterocycles. The molecule has 2 aliphatic carbocycles. The molecular weight excluding hydrogens is 168 g/mol. The normalized spacial score (nSPS) is 24.0. The topological polar surface area (TPSA) is 18.5 Å². The van der Waals surface area contributed by atoms with Gasteiger partial charge in [-0.2, -0.15) is 0 Å². The summed E-state index contributed by atoms with van der Waals surface area (Å²) < 4.78 is 10.9. The van der Waals surface area contributed by atoms with Gasteiger partial charge in [0.05, 0.1) is 0 Å². The van der Waals surface area contributed by atoms with Crippen molar-refractivity contribution in [2.24, 2.45) is 11.8 Å². The lowest BCUT2D eigenvalue weighted by Gasteiger charge is -2.20. The van der Waals surface area contributed by atoms with E-state index >= 15 is 0 Å². The molecule has 0 atom stereocenters. The third kappa shape index (κ3) is 1.73. The van der Waals surface area contributed by atoms with Gasteiger partial charge in [0.1, 0.15) is 0 Å². The summed E-state index contributed by atoms with van der Waals surface area (Å²) in [7, 11) is 2.67. The van der Waals surface area contributed by atoms with E-state index < -0.39 is 9.28 Å². The Bertz CT molecular complexity index is 139. The molecule has 0 spiro atoms. The van der Waals surface area contributed by atoms with Gasteiger partial charge < -0.3 is 8.85 Å². The molecule has 2 aliphatic rings. The predicted molar refractivity (Wildman–Crippen MR) is 49.0 cm³/mol. The standard InChI is InChI=1S/C9H17O2Si/c1-10-12(11-2)9(7-3-4-7)8-5-6-8/h7-9H,3-6H2,1-2H3.